The number of nitrogens with zero attached hydrogens (tertiary/aromatic N) is 1. The molecule has 1 fully saturated rings. The van der Waals surface area contributed by atoms with Crippen molar-refractivity contribution in [1.82, 2.24) is 4.90 Å². The molecular formula is C10H21N. The molecule has 0 amide bonds. The van der Waals surface area contributed by atoms with E-state index < -0.39 is 0 Å². The highest BCUT2D eigenvalue weighted by molar-refractivity contribution is 4.71. The van der Waals surface area contributed by atoms with Gasteiger partial charge < -0.3 is 4.90 Å². The van der Waals surface area contributed by atoms with Gasteiger partial charge >= 0.3 is 0 Å². The van der Waals surface area contributed by atoms with Crippen molar-refractivity contribution >= 4 is 0 Å². The van der Waals surface area contributed by atoms with E-state index in [-0.39, 0.29) is 0 Å². The third-order valence-corrected chi connectivity index (χ3v) is 2.84. The first-order chi connectivity index (χ1) is 5.22. The van der Waals surface area contributed by atoms with Crippen LogP contribution in [0, 0.1) is 11.8 Å². The maximum Gasteiger partial charge on any atom is 0.000662 e. The fourth-order valence-corrected chi connectivity index (χ4v) is 2.08. The summed E-state index contributed by atoms with van der Waals surface area (Å²) in [6.45, 7) is 7.31. The molecule has 0 spiro atoms. The molecule has 2 atom stereocenters. The minimum atomic E-state index is 0.913. The standard InChI is InChI=1S/C10H21N/c1-4-10-6-5-9(2)7-11(3)8-10/h9-10H,4-8H2,1-3H3. The van der Waals surface area contributed by atoms with Crippen molar-refractivity contribution in [1.29, 1.82) is 0 Å². The van der Waals surface area contributed by atoms with Crippen LogP contribution in [0.2, 0.25) is 0 Å². The van der Waals surface area contributed by atoms with Gasteiger partial charge in [-0.15, -0.1) is 0 Å². The molecule has 1 heterocycles. The number of hydrogen-bond donors (Lipinski definition) is 0. The zero-order chi connectivity index (χ0) is 8.27. The van der Waals surface area contributed by atoms with Gasteiger partial charge in [-0.2, -0.15) is 0 Å². The van der Waals surface area contributed by atoms with Gasteiger partial charge in [-0.3, -0.25) is 0 Å². The average molecular weight is 155 g/mol. The van der Waals surface area contributed by atoms with Gasteiger partial charge in [-0.25, -0.2) is 0 Å². The molecule has 1 rings (SSSR count). The molecule has 66 valence electrons. The van der Waals surface area contributed by atoms with Gasteiger partial charge in [0.25, 0.3) is 0 Å². The van der Waals surface area contributed by atoms with Crippen molar-refractivity contribution < 1.29 is 0 Å². The molecule has 11 heavy (non-hydrogen) atoms. The summed E-state index contributed by atoms with van der Waals surface area (Å²) in [4.78, 5) is 2.49. The first-order valence-corrected chi connectivity index (χ1v) is 4.91. The molecule has 0 aromatic carbocycles. The Hall–Kier alpha value is -0.0400. The maximum absolute atomic E-state index is 2.49. The van der Waals surface area contributed by atoms with Crippen molar-refractivity contribution in [2.24, 2.45) is 11.8 Å². The molecule has 1 saturated heterocycles. The molecule has 0 N–H and O–H groups in total. The van der Waals surface area contributed by atoms with Gasteiger partial charge in [0.15, 0.2) is 0 Å². The number of rotatable bonds is 1. The summed E-state index contributed by atoms with van der Waals surface area (Å²) >= 11 is 0. The molecule has 0 saturated carbocycles. The van der Waals surface area contributed by atoms with E-state index in [0.29, 0.717) is 0 Å². The van der Waals surface area contributed by atoms with Gasteiger partial charge in [0.1, 0.15) is 0 Å². The number of likely N-dealkylation sites (tertiary alicyclic amines) is 1. The van der Waals surface area contributed by atoms with E-state index >= 15 is 0 Å². The van der Waals surface area contributed by atoms with E-state index in [0.717, 1.165) is 11.8 Å². The van der Waals surface area contributed by atoms with Crippen LogP contribution < -0.4 is 0 Å². The zero-order valence-electron chi connectivity index (χ0n) is 8.14. The SMILES string of the molecule is CCC1CCC(C)CN(C)C1. The van der Waals surface area contributed by atoms with Crippen LogP contribution in [-0.2, 0) is 0 Å². The van der Waals surface area contributed by atoms with Gasteiger partial charge in [0.2, 0.25) is 0 Å². The minimum Gasteiger partial charge on any atom is -0.306 e. The van der Waals surface area contributed by atoms with Gasteiger partial charge in [0, 0.05) is 13.1 Å². The molecule has 0 aromatic heterocycles. The summed E-state index contributed by atoms with van der Waals surface area (Å²) in [6, 6.07) is 0. The molecule has 1 aliphatic heterocycles. The van der Waals surface area contributed by atoms with Crippen molar-refractivity contribution in [3.63, 3.8) is 0 Å². The smallest absolute Gasteiger partial charge is 0.000662 e. The summed E-state index contributed by atoms with van der Waals surface area (Å²) < 4.78 is 0. The average Bonchev–Trinajstić information content (AvgIpc) is 2.11. The summed E-state index contributed by atoms with van der Waals surface area (Å²) in [5, 5.41) is 0. The lowest BCUT2D eigenvalue weighted by atomic mass is 9.97. The van der Waals surface area contributed by atoms with Crippen LogP contribution in [0.25, 0.3) is 0 Å². The Kier molecular flexibility index (Phi) is 3.38. The Morgan fingerprint density at radius 2 is 2.00 bits per heavy atom. The van der Waals surface area contributed by atoms with E-state index in [1.54, 1.807) is 0 Å². The summed E-state index contributed by atoms with van der Waals surface area (Å²) in [5.74, 6) is 1.88. The van der Waals surface area contributed by atoms with Gasteiger partial charge in [-0.05, 0) is 31.7 Å². The van der Waals surface area contributed by atoms with Gasteiger partial charge in [0.05, 0.1) is 0 Å². The Bertz CT molecular complexity index is 111. The third kappa shape index (κ3) is 2.82. The molecule has 1 aliphatic rings. The van der Waals surface area contributed by atoms with Crippen LogP contribution >= 0.6 is 0 Å². The summed E-state index contributed by atoms with van der Waals surface area (Å²) in [6.07, 6.45) is 4.24. The highest BCUT2D eigenvalue weighted by atomic mass is 15.1. The van der Waals surface area contributed by atoms with Crippen molar-refractivity contribution in [3.05, 3.63) is 0 Å². The number of hydrogen-bond acceptors (Lipinski definition) is 1. The fraction of sp³-hybridized carbons (Fsp3) is 1.00. The quantitative estimate of drug-likeness (QED) is 0.562. The third-order valence-electron chi connectivity index (χ3n) is 2.84. The second-order valence-electron chi connectivity index (χ2n) is 4.18. The Balaban J connectivity index is 2.39. The lowest BCUT2D eigenvalue weighted by Gasteiger charge is -2.18. The molecule has 1 heteroatoms. The summed E-state index contributed by atoms with van der Waals surface area (Å²) in [7, 11) is 2.25. The van der Waals surface area contributed by atoms with Gasteiger partial charge in [-0.1, -0.05) is 20.3 Å². The lowest BCUT2D eigenvalue weighted by Crippen LogP contribution is -2.25. The van der Waals surface area contributed by atoms with Crippen molar-refractivity contribution in [3.8, 4) is 0 Å². The monoisotopic (exact) mass is 155 g/mol. The van der Waals surface area contributed by atoms with Crippen molar-refractivity contribution in [2.75, 3.05) is 20.1 Å². The van der Waals surface area contributed by atoms with Crippen LogP contribution in [0.1, 0.15) is 33.1 Å². The molecular weight excluding hydrogens is 134 g/mol. The van der Waals surface area contributed by atoms with E-state index in [1.165, 1.54) is 32.4 Å². The second-order valence-corrected chi connectivity index (χ2v) is 4.18. The van der Waals surface area contributed by atoms with E-state index in [4.69, 9.17) is 0 Å². The predicted octanol–water partition coefficient (Wildman–Crippen LogP) is 2.37. The maximum atomic E-state index is 2.49. The molecule has 2 unspecified atom stereocenters. The van der Waals surface area contributed by atoms with Crippen LogP contribution in [0.5, 0.6) is 0 Å². The lowest BCUT2D eigenvalue weighted by molar-refractivity contribution is 0.278. The van der Waals surface area contributed by atoms with E-state index in [2.05, 4.69) is 25.8 Å². The largest absolute Gasteiger partial charge is 0.306 e. The highest BCUT2D eigenvalue weighted by Gasteiger charge is 2.17. The Morgan fingerprint density at radius 1 is 1.27 bits per heavy atom. The first kappa shape index (κ1) is 9.05. The molecule has 0 radical (unpaired) electrons. The Morgan fingerprint density at radius 3 is 2.64 bits per heavy atom. The predicted molar refractivity (Wildman–Crippen MR) is 49.7 cm³/mol. The van der Waals surface area contributed by atoms with Crippen molar-refractivity contribution in [2.45, 2.75) is 33.1 Å². The molecule has 0 aliphatic carbocycles. The Labute approximate surface area is 70.8 Å². The minimum absolute atomic E-state index is 0.913. The van der Waals surface area contributed by atoms with Crippen LogP contribution in [-0.4, -0.2) is 25.0 Å². The van der Waals surface area contributed by atoms with E-state index in [9.17, 15) is 0 Å². The molecule has 0 aromatic rings. The topological polar surface area (TPSA) is 3.24 Å². The fourth-order valence-electron chi connectivity index (χ4n) is 2.08. The van der Waals surface area contributed by atoms with E-state index in [1.807, 2.05) is 0 Å². The zero-order valence-corrected chi connectivity index (χ0v) is 8.14. The molecule has 1 nitrogen and oxygen atoms in total. The summed E-state index contributed by atoms with van der Waals surface area (Å²) in [5.41, 5.74) is 0. The molecule has 0 bridgehead atoms. The van der Waals surface area contributed by atoms with Crippen LogP contribution in [0.15, 0.2) is 0 Å². The first-order valence-electron chi connectivity index (χ1n) is 4.91. The normalized spacial score (nSPS) is 35.2. The van der Waals surface area contributed by atoms with Crippen LogP contribution in [0.3, 0.4) is 0 Å². The second kappa shape index (κ2) is 4.10. The van der Waals surface area contributed by atoms with Crippen LogP contribution in [0.4, 0.5) is 0 Å². The highest BCUT2D eigenvalue weighted by Crippen LogP contribution is 2.21.